The monoisotopic (exact) mass is 446 g/mol. The lowest BCUT2D eigenvalue weighted by Crippen LogP contribution is -2.42. The van der Waals surface area contributed by atoms with E-state index in [1.54, 1.807) is 30.8 Å². The van der Waals surface area contributed by atoms with Crippen molar-refractivity contribution >= 4 is 27.5 Å². The lowest BCUT2D eigenvalue weighted by Gasteiger charge is -2.33. The van der Waals surface area contributed by atoms with E-state index >= 15 is 0 Å². The minimum atomic E-state index is -0.364. The zero-order chi connectivity index (χ0) is 22.1. The number of aromatic nitrogens is 3. The van der Waals surface area contributed by atoms with Crippen LogP contribution in [0.1, 0.15) is 27.2 Å². The largest absolute Gasteiger partial charge is 0.497 e. The van der Waals surface area contributed by atoms with Crippen LogP contribution in [0.2, 0.25) is 0 Å². The Kier molecular flexibility index (Phi) is 5.55. The van der Waals surface area contributed by atoms with E-state index in [2.05, 4.69) is 15.0 Å². The molecule has 162 valence electrons. The number of nitrogens with zero attached hydrogens (tertiary/aromatic N) is 4. The lowest BCUT2D eigenvalue weighted by atomic mass is 10.0. The molecular formula is C24H22N4O3S. The van der Waals surface area contributed by atoms with Crippen LogP contribution in [0.5, 0.6) is 5.75 Å². The van der Waals surface area contributed by atoms with Gasteiger partial charge < -0.3 is 14.4 Å². The second-order valence-electron chi connectivity index (χ2n) is 7.55. The molecule has 1 saturated heterocycles. The van der Waals surface area contributed by atoms with Crippen molar-refractivity contribution < 1.29 is 14.3 Å². The first kappa shape index (κ1) is 20.5. The number of morpholine rings is 1. The summed E-state index contributed by atoms with van der Waals surface area (Å²) in [5.74, 6) is 0.729. The molecule has 32 heavy (non-hydrogen) atoms. The Morgan fingerprint density at radius 2 is 2.06 bits per heavy atom. The zero-order valence-electron chi connectivity index (χ0n) is 17.8. The number of ether oxygens (including phenoxy) is 2. The predicted molar refractivity (Wildman–Crippen MR) is 123 cm³/mol. The molecule has 0 N–H and O–H groups in total. The van der Waals surface area contributed by atoms with E-state index in [9.17, 15) is 4.79 Å². The SMILES string of the molecule is COc1cccc(-c2nccnc2[C@@H]2CN(C(=O)c3ccc4nc(C)sc4c3)CCO2)c1. The van der Waals surface area contributed by atoms with Crippen molar-refractivity contribution in [1.82, 2.24) is 19.9 Å². The van der Waals surface area contributed by atoms with Crippen LogP contribution in [0.3, 0.4) is 0 Å². The minimum absolute atomic E-state index is 0.0157. The van der Waals surface area contributed by atoms with Crippen LogP contribution >= 0.6 is 11.3 Å². The third-order valence-corrected chi connectivity index (χ3v) is 6.40. The fourth-order valence-electron chi connectivity index (χ4n) is 3.93. The number of methoxy groups -OCH3 is 1. The molecule has 5 rings (SSSR count). The highest BCUT2D eigenvalue weighted by Crippen LogP contribution is 2.31. The fraction of sp³-hybridized carbons (Fsp3) is 0.250. The maximum absolute atomic E-state index is 13.3. The second kappa shape index (κ2) is 8.64. The van der Waals surface area contributed by atoms with Crippen molar-refractivity contribution in [2.24, 2.45) is 0 Å². The molecule has 2 aromatic heterocycles. The molecule has 0 bridgehead atoms. The molecule has 0 saturated carbocycles. The van der Waals surface area contributed by atoms with E-state index in [1.807, 2.05) is 54.3 Å². The van der Waals surface area contributed by atoms with Gasteiger partial charge in [-0.2, -0.15) is 0 Å². The van der Waals surface area contributed by atoms with E-state index in [0.717, 1.165) is 32.2 Å². The molecule has 1 fully saturated rings. The summed E-state index contributed by atoms with van der Waals surface area (Å²) in [7, 11) is 1.63. The van der Waals surface area contributed by atoms with E-state index < -0.39 is 0 Å². The van der Waals surface area contributed by atoms with Crippen LogP contribution in [0.4, 0.5) is 0 Å². The number of rotatable bonds is 4. The summed E-state index contributed by atoms with van der Waals surface area (Å²) >= 11 is 1.60. The van der Waals surface area contributed by atoms with Gasteiger partial charge in [0.25, 0.3) is 5.91 Å². The van der Waals surface area contributed by atoms with Crippen molar-refractivity contribution in [3.05, 3.63) is 71.1 Å². The summed E-state index contributed by atoms with van der Waals surface area (Å²) < 4.78 is 12.4. The Hall–Kier alpha value is -3.36. The van der Waals surface area contributed by atoms with Gasteiger partial charge in [0.15, 0.2) is 0 Å². The first-order valence-corrected chi connectivity index (χ1v) is 11.2. The highest BCUT2D eigenvalue weighted by Gasteiger charge is 2.29. The average Bonchev–Trinajstić information content (AvgIpc) is 3.23. The van der Waals surface area contributed by atoms with Crippen molar-refractivity contribution in [3.8, 4) is 17.0 Å². The van der Waals surface area contributed by atoms with E-state index in [0.29, 0.717) is 31.0 Å². The Labute approximate surface area is 189 Å². The molecule has 0 radical (unpaired) electrons. The highest BCUT2D eigenvalue weighted by atomic mass is 32.1. The van der Waals surface area contributed by atoms with Crippen LogP contribution < -0.4 is 4.74 Å². The summed E-state index contributed by atoms with van der Waals surface area (Å²) in [4.78, 5) is 28.7. The number of hydrogen-bond acceptors (Lipinski definition) is 7. The number of carbonyl (C=O) groups excluding carboxylic acids is 1. The van der Waals surface area contributed by atoms with Gasteiger partial charge in [-0.1, -0.05) is 12.1 Å². The molecule has 8 heteroatoms. The van der Waals surface area contributed by atoms with Crippen LogP contribution in [0, 0.1) is 6.92 Å². The van der Waals surface area contributed by atoms with Crippen molar-refractivity contribution in [2.45, 2.75) is 13.0 Å². The van der Waals surface area contributed by atoms with Gasteiger partial charge >= 0.3 is 0 Å². The summed E-state index contributed by atoms with van der Waals surface area (Å²) in [5, 5.41) is 0.990. The molecule has 3 heterocycles. The second-order valence-corrected chi connectivity index (χ2v) is 8.78. The van der Waals surface area contributed by atoms with E-state index in [-0.39, 0.29) is 12.0 Å². The Morgan fingerprint density at radius 1 is 1.19 bits per heavy atom. The summed E-state index contributed by atoms with van der Waals surface area (Å²) in [6, 6.07) is 13.4. The number of aryl methyl sites for hydroxylation is 1. The molecule has 2 aromatic carbocycles. The number of benzene rings is 2. The number of carbonyl (C=O) groups is 1. The topological polar surface area (TPSA) is 77.4 Å². The third kappa shape index (κ3) is 3.94. The maximum Gasteiger partial charge on any atom is 0.254 e. The molecule has 1 amide bonds. The zero-order valence-corrected chi connectivity index (χ0v) is 18.6. The molecule has 4 aromatic rings. The van der Waals surface area contributed by atoms with Crippen LogP contribution in [0.25, 0.3) is 21.5 Å². The number of hydrogen-bond donors (Lipinski definition) is 0. The van der Waals surface area contributed by atoms with E-state index in [4.69, 9.17) is 9.47 Å². The van der Waals surface area contributed by atoms with Gasteiger partial charge in [0.2, 0.25) is 0 Å². The Balaban J connectivity index is 1.42. The molecule has 1 aliphatic heterocycles. The first-order valence-electron chi connectivity index (χ1n) is 10.4. The lowest BCUT2D eigenvalue weighted by molar-refractivity contribution is -0.0245. The molecular weight excluding hydrogens is 424 g/mol. The molecule has 0 aliphatic carbocycles. The predicted octanol–water partition coefficient (Wildman–Crippen LogP) is 4.28. The summed E-state index contributed by atoms with van der Waals surface area (Å²) in [6.45, 7) is 3.35. The van der Waals surface area contributed by atoms with Crippen molar-refractivity contribution in [3.63, 3.8) is 0 Å². The summed E-state index contributed by atoms with van der Waals surface area (Å²) in [6.07, 6.45) is 2.96. The average molecular weight is 447 g/mol. The molecule has 0 unspecified atom stereocenters. The van der Waals surface area contributed by atoms with Gasteiger partial charge in [-0.05, 0) is 37.3 Å². The molecule has 0 spiro atoms. The normalized spacial score (nSPS) is 16.3. The molecule has 1 aliphatic rings. The van der Waals surface area contributed by atoms with Gasteiger partial charge in [0, 0.05) is 30.1 Å². The van der Waals surface area contributed by atoms with Crippen molar-refractivity contribution in [2.75, 3.05) is 26.8 Å². The van der Waals surface area contributed by atoms with Crippen LogP contribution in [-0.4, -0.2) is 52.6 Å². The van der Waals surface area contributed by atoms with Gasteiger partial charge in [0.05, 0.1) is 46.9 Å². The number of fused-ring (bicyclic) bond motifs is 1. The smallest absolute Gasteiger partial charge is 0.254 e. The number of amides is 1. The molecule has 7 nitrogen and oxygen atoms in total. The number of thiazole rings is 1. The van der Waals surface area contributed by atoms with Crippen molar-refractivity contribution in [1.29, 1.82) is 0 Å². The Bertz CT molecular complexity index is 1290. The quantitative estimate of drug-likeness (QED) is 0.466. The summed E-state index contributed by atoms with van der Waals surface area (Å²) in [5.41, 5.74) is 3.92. The maximum atomic E-state index is 13.3. The molecule has 1 atom stereocenters. The van der Waals surface area contributed by atoms with Gasteiger partial charge in [-0.15, -0.1) is 11.3 Å². The first-order chi connectivity index (χ1) is 15.6. The Morgan fingerprint density at radius 3 is 2.94 bits per heavy atom. The fourth-order valence-corrected chi connectivity index (χ4v) is 4.80. The van der Waals surface area contributed by atoms with Crippen LogP contribution in [0.15, 0.2) is 54.9 Å². The standard InChI is InChI=1S/C24H22N4O3S/c1-15-27-19-7-6-17(13-21(19)32-15)24(29)28-10-11-31-20(14-28)23-22(25-8-9-26-23)16-4-3-5-18(12-16)30-2/h3-9,12-13,20H,10-11,14H2,1-2H3/t20-/m0/s1. The minimum Gasteiger partial charge on any atom is -0.497 e. The van der Waals surface area contributed by atoms with Gasteiger partial charge in [-0.3, -0.25) is 14.8 Å². The van der Waals surface area contributed by atoms with Crippen LogP contribution in [-0.2, 0) is 4.74 Å². The van der Waals surface area contributed by atoms with Gasteiger partial charge in [0.1, 0.15) is 11.9 Å². The van der Waals surface area contributed by atoms with E-state index in [1.165, 1.54) is 0 Å². The highest BCUT2D eigenvalue weighted by molar-refractivity contribution is 7.18. The van der Waals surface area contributed by atoms with Gasteiger partial charge in [-0.25, -0.2) is 4.98 Å². The third-order valence-electron chi connectivity index (χ3n) is 5.47.